The van der Waals surface area contributed by atoms with E-state index in [4.69, 9.17) is 10.5 Å². The van der Waals surface area contributed by atoms with Crippen molar-refractivity contribution in [3.63, 3.8) is 0 Å². The minimum absolute atomic E-state index is 0.405. The van der Waals surface area contributed by atoms with Gasteiger partial charge < -0.3 is 10.5 Å². The number of hydrogen-bond donors (Lipinski definition) is 1. The lowest BCUT2D eigenvalue weighted by molar-refractivity contribution is 0.416. The predicted octanol–water partition coefficient (Wildman–Crippen LogP) is 1.07. The molecule has 0 unspecified atom stereocenters. The maximum atomic E-state index is 5.75. The number of para-hydroxylation sites is 1. The smallest absolute Gasteiger partial charge is 0.174 e. The summed E-state index contributed by atoms with van der Waals surface area (Å²) in [4.78, 5) is 0. The van der Waals surface area contributed by atoms with E-state index < -0.39 is 0 Å². The molecule has 0 amide bonds. The molecule has 1 heterocycles. The van der Waals surface area contributed by atoms with E-state index in [0.29, 0.717) is 5.82 Å². The van der Waals surface area contributed by atoms with E-state index >= 15 is 0 Å². The summed E-state index contributed by atoms with van der Waals surface area (Å²) in [6, 6.07) is 7.63. The summed E-state index contributed by atoms with van der Waals surface area (Å²) in [6.07, 6.45) is 0. The van der Waals surface area contributed by atoms with Gasteiger partial charge in [-0.25, -0.2) is 4.68 Å². The summed E-state index contributed by atoms with van der Waals surface area (Å²) < 4.78 is 6.89. The van der Waals surface area contributed by atoms with E-state index in [1.165, 1.54) is 0 Å². The summed E-state index contributed by atoms with van der Waals surface area (Å²) >= 11 is 0. The Labute approximate surface area is 87.5 Å². The standard InChI is InChI=1S/C10H12N4O/c1-14-9(10(11)12-13-14)7-5-3-4-6-8(7)15-2/h3-6H,11H2,1-2H3. The van der Waals surface area contributed by atoms with Gasteiger partial charge in [0.25, 0.3) is 0 Å². The largest absolute Gasteiger partial charge is 0.496 e. The SMILES string of the molecule is COc1ccccc1-c1c(N)nnn1C. The molecule has 5 nitrogen and oxygen atoms in total. The number of nitrogens with two attached hydrogens (primary N) is 1. The third-order valence-corrected chi connectivity index (χ3v) is 2.21. The van der Waals surface area contributed by atoms with Crippen LogP contribution in [0.2, 0.25) is 0 Å². The van der Waals surface area contributed by atoms with Crippen LogP contribution in [-0.2, 0) is 7.05 Å². The normalized spacial score (nSPS) is 10.3. The summed E-state index contributed by atoms with van der Waals surface area (Å²) in [5.41, 5.74) is 7.41. The molecule has 0 spiro atoms. The van der Waals surface area contributed by atoms with Gasteiger partial charge in [0.15, 0.2) is 5.82 Å². The van der Waals surface area contributed by atoms with Gasteiger partial charge in [0, 0.05) is 12.6 Å². The van der Waals surface area contributed by atoms with Crippen LogP contribution in [0.25, 0.3) is 11.3 Å². The van der Waals surface area contributed by atoms with Gasteiger partial charge in [0.1, 0.15) is 11.4 Å². The van der Waals surface area contributed by atoms with Gasteiger partial charge in [-0.15, -0.1) is 5.10 Å². The second kappa shape index (κ2) is 3.61. The van der Waals surface area contributed by atoms with Crippen molar-refractivity contribution in [3.8, 4) is 17.0 Å². The van der Waals surface area contributed by atoms with Crippen molar-refractivity contribution < 1.29 is 4.74 Å². The molecule has 0 aliphatic carbocycles. The number of nitrogens with zero attached hydrogens (tertiary/aromatic N) is 3. The van der Waals surface area contributed by atoms with Crippen molar-refractivity contribution in [1.29, 1.82) is 0 Å². The van der Waals surface area contributed by atoms with Crippen molar-refractivity contribution in [2.75, 3.05) is 12.8 Å². The lowest BCUT2D eigenvalue weighted by Gasteiger charge is -2.07. The molecule has 15 heavy (non-hydrogen) atoms. The monoisotopic (exact) mass is 204 g/mol. The highest BCUT2D eigenvalue weighted by Crippen LogP contribution is 2.31. The van der Waals surface area contributed by atoms with Crippen LogP contribution >= 0.6 is 0 Å². The summed E-state index contributed by atoms with van der Waals surface area (Å²) in [5, 5.41) is 7.66. The van der Waals surface area contributed by atoms with Crippen LogP contribution in [0.3, 0.4) is 0 Å². The minimum Gasteiger partial charge on any atom is -0.496 e. The molecule has 0 bridgehead atoms. The zero-order chi connectivity index (χ0) is 10.8. The highest BCUT2D eigenvalue weighted by molar-refractivity contribution is 5.75. The lowest BCUT2D eigenvalue weighted by Crippen LogP contribution is -1.97. The third-order valence-electron chi connectivity index (χ3n) is 2.21. The van der Waals surface area contributed by atoms with E-state index in [9.17, 15) is 0 Å². The van der Waals surface area contributed by atoms with E-state index in [-0.39, 0.29) is 0 Å². The molecule has 0 aliphatic heterocycles. The average Bonchev–Trinajstić information content (AvgIpc) is 2.59. The number of aromatic nitrogens is 3. The number of nitrogen functional groups attached to an aromatic ring is 1. The molecule has 0 atom stereocenters. The zero-order valence-corrected chi connectivity index (χ0v) is 8.64. The first-order chi connectivity index (χ1) is 7.24. The maximum absolute atomic E-state index is 5.75. The third kappa shape index (κ3) is 1.52. The number of methoxy groups -OCH3 is 1. The van der Waals surface area contributed by atoms with Gasteiger partial charge in [-0.2, -0.15) is 0 Å². The Balaban J connectivity index is 2.63. The van der Waals surface area contributed by atoms with Crippen molar-refractivity contribution >= 4 is 5.82 Å². The van der Waals surface area contributed by atoms with Crippen LogP contribution < -0.4 is 10.5 Å². The molecular formula is C10H12N4O. The Morgan fingerprint density at radius 2 is 2.07 bits per heavy atom. The van der Waals surface area contributed by atoms with Gasteiger partial charge in [-0.1, -0.05) is 17.3 Å². The molecule has 0 saturated carbocycles. The fraction of sp³-hybridized carbons (Fsp3) is 0.200. The number of aryl methyl sites for hydroxylation is 1. The van der Waals surface area contributed by atoms with Crippen molar-refractivity contribution in [2.24, 2.45) is 7.05 Å². The average molecular weight is 204 g/mol. The van der Waals surface area contributed by atoms with Gasteiger partial charge in [0.05, 0.1) is 7.11 Å². The Kier molecular flexibility index (Phi) is 2.29. The molecule has 0 saturated heterocycles. The van der Waals surface area contributed by atoms with Crippen LogP contribution in [0.5, 0.6) is 5.75 Å². The van der Waals surface area contributed by atoms with Crippen molar-refractivity contribution in [3.05, 3.63) is 24.3 Å². The predicted molar refractivity (Wildman–Crippen MR) is 57.4 cm³/mol. The molecule has 0 radical (unpaired) electrons. The van der Waals surface area contributed by atoms with E-state index in [2.05, 4.69) is 10.3 Å². The quantitative estimate of drug-likeness (QED) is 0.794. The molecule has 0 aliphatic rings. The van der Waals surface area contributed by atoms with Gasteiger partial charge in [-0.3, -0.25) is 0 Å². The highest BCUT2D eigenvalue weighted by Gasteiger charge is 2.13. The summed E-state index contributed by atoms with van der Waals surface area (Å²) in [5.74, 6) is 1.16. The Hall–Kier alpha value is -2.04. The molecule has 1 aromatic carbocycles. The van der Waals surface area contributed by atoms with Crippen LogP contribution in [0.15, 0.2) is 24.3 Å². The maximum Gasteiger partial charge on any atom is 0.174 e. The number of ether oxygens (including phenoxy) is 1. The first kappa shape index (κ1) is 9.51. The number of benzene rings is 1. The van der Waals surface area contributed by atoms with Gasteiger partial charge >= 0.3 is 0 Å². The van der Waals surface area contributed by atoms with Gasteiger partial charge in [0.2, 0.25) is 0 Å². The summed E-state index contributed by atoms with van der Waals surface area (Å²) in [7, 11) is 3.42. The number of anilines is 1. The van der Waals surface area contributed by atoms with Crippen LogP contribution in [0.1, 0.15) is 0 Å². The second-order valence-electron chi connectivity index (χ2n) is 3.15. The van der Waals surface area contributed by atoms with Crippen molar-refractivity contribution in [2.45, 2.75) is 0 Å². The van der Waals surface area contributed by atoms with E-state index in [1.807, 2.05) is 24.3 Å². The lowest BCUT2D eigenvalue weighted by atomic mass is 10.1. The molecule has 1 aromatic heterocycles. The van der Waals surface area contributed by atoms with E-state index in [0.717, 1.165) is 17.0 Å². The van der Waals surface area contributed by atoms with Gasteiger partial charge in [-0.05, 0) is 12.1 Å². The topological polar surface area (TPSA) is 66.0 Å². The highest BCUT2D eigenvalue weighted by atomic mass is 16.5. The molecule has 2 rings (SSSR count). The summed E-state index contributed by atoms with van der Waals surface area (Å²) in [6.45, 7) is 0. The van der Waals surface area contributed by atoms with E-state index in [1.54, 1.807) is 18.8 Å². The Morgan fingerprint density at radius 3 is 2.67 bits per heavy atom. The molecular weight excluding hydrogens is 192 g/mol. The zero-order valence-electron chi connectivity index (χ0n) is 8.64. The molecule has 2 N–H and O–H groups in total. The number of hydrogen-bond acceptors (Lipinski definition) is 4. The second-order valence-corrected chi connectivity index (χ2v) is 3.15. The molecule has 0 fully saturated rings. The molecule has 78 valence electrons. The van der Waals surface area contributed by atoms with Crippen molar-refractivity contribution in [1.82, 2.24) is 15.0 Å². The first-order valence-electron chi connectivity index (χ1n) is 4.52. The number of rotatable bonds is 2. The fourth-order valence-electron chi connectivity index (χ4n) is 1.53. The first-order valence-corrected chi connectivity index (χ1v) is 4.52. The van der Waals surface area contributed by atoms with Crippen LogP contribution in [-0.4, -0.2) is 22.1 Å². The molecule has 2 aromatic rings. The van der Waals surface area contributed by atoms with Crippen LogP contribution in [0, 0.1) is 0 Å². The fourth-order valence-corrected chi connectivity index (χ4v) is 1.53. The Bertz CT molecular complexity index is 459. The minimum atomic E-state index is 0.405. The Morgan fingerprint density at radius 1 is 1.33 bits per heavy atom. The van der Waals surface area contributed by atoms with Crippen LogP contribution in [0.4, 0.5) is 5.82 Å². The molecule has 5 heteroatoms.